The van der Waals surface area contributed by atoms with E-state index in [0.29, 0.717) is 30.4 Å². The molecule has 0 saturated heterocycles. The van der Waals surface area contributed by atoms with Crippen molar-refractivity contribution in [1.29, 1.82) is 0 Å². The maximum Gasteiger partial charge on any atom is 0.258 e. The number of nitrogens with zero attached hydrogens (tertiary/aromatic N) is 2. The van der Waals surface area contributed by atoms with Gasteiger partial charge in [-0.15, -0.1) is 0 Å². The highest BCUT2D eigenvalue weighted by atomic mass is 16.5. The smallest absolute Gasteiger partial charge is 0.258 e. The fourth-order valence-corrected chi connectivity index (χ4v) is 1.12. The summed E-state index contributed by atoms with van der Waals surface area (Å²) in [7, 11) is 0. The molecule has 0 radical (unpaired) electrons. The van der Waals surface area contributed by atoms with Crippen molar-refractivity contribution in [3.05, 3.63) is 17.6 Å². The first-order chi connectivity index (χ1) is 6.27. The highest BCUT2D eigenvalue weighted by molar-refractivity contribution is 5.96. The number of aromatic nitrogens is 2. The number of ether oxygens (including phenoxy) is 1. The largest absolute Gasteiger partial charge is 0.475 e. The van der Waals surface area contributed by atoms with Crippen LogP contribution in [0.1, 0.15) is 16.2 Å². The quantitative estimate of drug-likeness (QED) is 0.604. The predicted molar refractivity (Wildman–Crippen MR) is 44.6 cm³/mol. The van der Waals surface area contributed by atoms with Gasteiger partial charge in [0.1, 0.15) is 18.0 Å². The molecule has 0 unspecified atom stereocenters. The molecular formula is C8H9N3O2. The van der Waals surface area contributed by atoms with Gasteiger partial charge in [-0.2, -0.15) is 4.98 Å². The van der Waals surface area contributed by atoms with Crippen LogP contribution in [0.3, 0.4) is 0 Å². The van der Waals surface area contributed by atoms with E-state index in [4.69, 9.17) is 4.74 Å². The Morgan fingerprint density at radius 3 is 3.31 bits per heavy atom. The van der Waals surface area contributed by atoms with Gasteiger partial charge in [-0.25, -0.2) is 4.98 Å². The summed E-state index contributed by atoms with van der Waals surface area (Å²) in [6, 6.07) is 0. The summed E-state index contributed by atoms with van der Waals surface area (Å²) in [6.45, 7) is 2.72. The van der Waals surface area contributed by atoms with Gasteiger partial charge >= 0.3 is 0 Å². The molecule has 1 N–H and O–H groups in total. The molecule has 1 amide bonds. The van der Waals surface area contributed by atoms with E-state index in [0.717, 1.165) is 0 Å². The fraction of sp³-hybridized carbons (Fsp3) is 0.375. The molecule has 68 valence electrons. The molecule has 1 aliphatic rings. The zero-order valence-electron chi connectivity index (χ0n) is 7.20. The molecule has 1 aromatic heterocycles. The molecule has 0 bridgehead atoms. The number of aryl methyl sites for hydroxylation is 1. The van der Waals surface area contributed by atoms with Crippen molar-refractivity contribution in [2.45, 2.75) is 6.92 Å². The van der Waals surface area contributed by atoms with E-state index in [1.165, 1.54) is 6.20 Å². The van der Waals surface area contributed by atoms with Crippen molar-refractivity contribution >= 4 is 5.91 Å². The van der Waals surface area contributed by atoms with E-state index in [1.54, 1.807) is 6.92 Å². The van der Waals surface area contributed by atoms with Crippen LogP contribution in [0.2, 0.25) is 0 Å². The Morgan fingerprint density at radius 2 is 2.46 bits per heavy atom. The van der Waals surface area contributed by atoms with Gasteiger partial charge in [-0.05, 0) is 6.92 Å². The second kappa shape index (κ2) is 3.01. The number of hydrogen-bond donors (Lipinski definition) is 1. The minimum atomic E-state index is -0.174. The number of fused-ring (bicyclic) bond motifs is 1. The van der Waals surface area contributed by atoms with Gasteiger partial charge in [0.2, 0.25) is 5.88 Å². The third-order valence-corrected chi connectivity index (χ3v) is 1.75. The van der Waals surface area contributed by atoms with E-state index >= 15 is 0 Å². The van der Waals surface area contributed by atoms with Crippen LogP contribution in [0, 0.1) is 6.92 Å². The van der Waals surface area contributed by atoms with Crippen LogP contribution in [0.25, 0.3) is 0 Å². The molecular weight excluding hydrogens is 170 g/mol. The molecule has 0 aliphatic carbocycles. The second-order valence-corrected chi connectivity index (χ2v) is 2.74. The van der Waals surface area contributed by atoms with E-state index in [9.17, 15) is 4.79 Å². The van der Waals surface area contributed by atoms with Crippen molar-refractivity contribution < 1.29 is 9.53 Å². The van der Waals surface area contributed by atoms with Gasteiger partial charge in [0.05, 0.1) is 6.54 Å². The Bertz CT molecular complexity index is 351. The number of rotatable bonds is 0. The zero-order valence-corrected chi connectivity index (χ0v) is 7.20. The Kier molecular flexibility index (Phi) is 1.84. The average Bonchev–Trinajstić information content (AvgIpc) is 2.28. The summed E-state index contributed by atoms with van der Waals surface area (Å²) >= 11 is 0. The molecule has 0 aromatic carbocycles. The molecule has 0 saturated carbocycles. The number of hydrogen-bond acceptors (Lipinski definition) is 4. The molecule has 0 atom stereocenters. The Balaban J connectivity index is 2.48. The normalized spacial score (nSPS) is 15.3. The van der Waals surface area contributed by atoms with Crippen molar-refractivity contribution in [3.8, 4) is 5.88 Å². The van der Waals surface area contributed by atoms with Gasteiger partial charge < -0.3 is 10.1 Å². The summed E-state index contributed by atoms with van der Waals surface area (Å²) < 4.78 is 5.27. The van der Waals surface area contributed by atoms with E-state index in [1.807, 2.05) is 0 Å². The van der Waals surface area contributed by atoms with Crippen LogP contribution in [-0.4, -0.2) is 29.0 Å². The summed E-state index contributed by atoms with van der Waals surface area (Å²) in [5.74, 6) is 0.809. The van der Waals surface area contributed by atoms with Crippen LogP contribution in [0.15, 0.2) is 6.20 Å². The van der Waals surface area contributed by atoms with E-state index < -0.39 is 0 Å². The van der Waals surface area contributed by atoms with Crippen LogP contribution in [0.4, 0.5) is 0 Å². The van der Waals surface area contributed by atoms with Crippen LogP contribution >= 0.6 is 0 Å². The lowest BCUT2D eigenvalue weighted by Crippen LogP contribution is -2.24. The molecule has 2 rings (SSSR count). The molecule has 0 spiro atoms. The molecule has 2 heterocycles. The fourth-order valence-electron chi connectivity index (χ4n) is 1.12. The van der Waals surface area contributed by atoms with Gasteiger partial charge in [0.25, 0.3) is 5.91 Å². The summed E-state index contributed by atoms with van der Waals surface area (Å²) in [5.41, 5.74) is 0.406. The molecule has 5 heteroatoms. The third-order valence-electron chi connectivity index (χ3n) is 1.75. The Morgan fingerprint density at radius 1 is 1.62 bits per heavy atom. The topological polar surface area (TPSA) is 64.1 Å². The highest BCUT2D eigenvalue weighted by Crippen LogP contribution is 2.15. The van der Waals surface area contributed by atoms with Gasteiger partial charge in [0.15, 0.2) is 0 Å². The van der Waals surface area contributed by atoms with Crippen molar-refractivity contribution in [1.82, 2.24) is 15.3 Å². The van der Waals surface area contributed by atoms with E-state index in [2.05, 4.69) is 15.3 Å². The van der Waals surface area contributed by atoms with Gasteiger partial charge in [0, 0.05) is 6.20 Å². The molecule has 1 aliphatic heterocycles. The van der Waals surface area contributed by atoms with Crippen molar-refractivity contribution in [3.63, 3.8) is 0 Å². The van der Waals surface area contributed by atoms with Gasteiger partial charge in [-0.3, -0.25) is 4.79 Å². The third kappa shape index (κ3) is 1.44. The maximum atomic E-state index is 11.3. The Hall–Kier alpha value is -1.65. The van der Waals surface area contributed by atoms with Crippen LogP contribution in [-0.2, 0) is 0 Å². The van der Waals surface area contributed by atoms with Crippen LogP contribution < -0.4 is 10.1 Å². The first kappa shape index (κ1) is 7.97. The molecule has 5 nitrogen and oxygen atoms in total. The molecule has 0 fully saturated rings. The minimum absolute atomic E-state index is 0.174. The lowest BCUT2D eigenvalue weighted by Gasteiger charge is -2.02. The van der Waals surface area contributed by atoms with Gasteiger partial charge in [-0.1, -0.05) is 0 Å². The molecule has 13 heavy (non-hydrogen) atoms. The molecule has 1 aromatic rings. The number of amides is 1. The van der Waals surface area contributed by atoms with Crippen molar-refractivity contribution in [2.24, 2.45) is 0 Å². The first-order valence-electron chi connectivity index (χ1n) is 4.02. The SMILES string of the molecule is Cc1ncc2c(n1)OCCNC2=O. The summed E-state index contributed by atoms with van der Waals surface area (Å²) in [5, 5.41) is 2.68. The van der Waals surface area contributed by atoms with E-state index in [-0.39, 0.29) is 5.91 Å². The summed E-state index contributed by atoms with van der Waals surface area (Å²) in [4.78, 5) is 19.3. The number of nitrogens with one attached hydrogen (secondary N) is 1. The number of carbonyl (C=O) groups excluding carboxylic acids is 1. The maximum absolute atomic E-state index is 11.3. The van der Waals surface area contributed by atoms with Crippen molar-refractivity contribution in [2.75, 3.05) is 13.2 Å². The average molecular weight is 179 g/mol. The second-order valence-electron chi connectivity index (χ2n) is 2.74. The standard InChI is InChI=1S/C8H9N3O2/c1-5-10-4-6-7(12)9-2-3-13-8(6)11-5/h4H,2-3H2,1H3,(H,9,12). The minimum Gasteiger partial charge on any atom is -0.475 e. The Labute approximate surface area is 75.1 Å². The lowest BCUT2D eigenvalue weighted by atomic mass is 10.3. The first-order valence-corrected chi connectivity index (χ1v) is 4.02. The lowest BCUT2D eigenvalue weighted by molar-refractivity contribution is 0.0956. The number of carbonyl (C=O) groups is 1. The predicted octanol–water partition coefficient (Wildman–Crippen LogP) is -0.0928. The highest BCUT2D eigenvalue weighted by Gasteiger charge is 2.17. The summed E-state index contributed by atoms with van der Waals surface area (Å²) in [6.07, 6.45) is 1.48. The zero-order chi connectivity index (χ0) is 9.26. The van der Waals surface area contributed by atoms with Crippen LogP contribution in [0.5, 0.6) is 5.88 Å². The monoisotopic (exact) mass is 179 g/mol.